The Hall–Kier alpha value is -8.08. The molecule has 0 bridgehead atoms. The lowest BCUT2D eigenvalue weighted by Crippen LogP contribution is -2.15. The molecule has 2 aliphatic rings. The standard InChI is InChI=1S/C58H40N4/c1-4-13-39(14-5-1)41-23-25-42(26-24-41)43-17-12-18-47(35-43)53-33-34-59-58(60-53)62-54-22-11-10-21-49(54)50-37-45(29-32-57(50)62)46-28-31-56-52(38-46)51-36-44(40-15-6-2-7-16-40)27-30-55(51)61(56)48-19-8-3-9-20-48/h1-37,52H,38H2. The molecule has 4 heteroatoms. The van der Waals surface area contributed by atoms with Gasteiger partial charge in [-0.25, -0.2) is 9.97 Å². The quantitative estimate of drug-likeness (QED) is 0.161. The van der Waals surface area contributed by atoms with Gasteiger partial charge in [-0.2, -0.15) is 0 Å². The van der Waals surface area contributed by atoms with E-state index in [1.54, 1.807) is 0 Å². The topological polar surface area (TPSA) is 34.0 Å². The van der Waals surface area contributed by atoms with Crippen LogP contribution < -0.4 is 4.90 Å². The molecule has 12 rings (SSSR count). The van der Waals surface area contributed by atoms with E-state index in [2.05, 4.69) is 222 Å². The summed E-state index contributed by atoms with van der Waals surface area (Å²) in [5, 5.41) is 2.37. The van der Waals surface area contributed by atoms with Crippen LogP contribution in [0.3, 0.4) is 0 Å². The van der Waals surface area contributed by atoms with Crippen LogP contribution in [0.2, 0.25) is 0 Å². The summed E-state index contributed by atoms with van der Waals surface area (Å²) in [7, 11) is 0. The molecule has 4 nitrogen and oxygen atoms in total. The minimum atomic E-state index is 0.231. The predicted molar refractivity (Wildman–Crippen MR) is 257 cm³/mol. The Morgan fingerprint density at radius 2 is 1.03 bits per heavy atom. The van der Waals surface area contributed by atoms with Crippen LogP contribution >= 0.6 is 0 Å². The molecule has 0 amide bonds. The van der Waals surface area contributed by atoms with E-state index in [1.165, 1.54) is 72.4 Å². The highest BCUT2D eigenvalue weighted by Gasteiger charge is 2.37. The van der Waals surface area contributed by atoms with Gasteiger partial charge in [-0.15, -0.1) is 0 Å². The summed E-state index contributed by atoms with van der Waals surface area (Å²) >= 11 is 0. The highest BCUT2D eigenvalue weighted by atomic mass is 15.2. The average Bonchev–Trinajstić information content (AvgIpc) is 3.87. The number of aromatic nitrogens is 3. The largest absolute Gasteiger partial charge is 0.313 e. The second kappa shape index (κ2) is 14.9. The van der Waals surface area contributed by atoms with Crippen molar-refractivity contribution < 1.29 is 0 Å². The summed E-state index contributed by atoms with van der Waals surface area (Å²) < 4.78 is 2.22. The first-order chi connectivity index (χ1) is 30.7. The minimum Gasteiger partial charge on any atom is -0.313 e. The SMILES string of the molecule is C1=C(c2ccc3c(c2)c2ccccc2n3-c2nccc(-c3cccc(-c4ccc(-c5ccccc5)cc4)c3)n2)CC2C(=C1)N(c1ccccc1)c1ccc(-c3ccccc3)cc12. The third-order valence-corrected chi connectivity index (χ3v) is 12.6. The molecule has 1 aliphatic heterocycles. The number of hydrogen-bond donors (Lipinski definition) is 0. The first kappa shape index (κ1) is 35.8. The third-order valence-electron chi connectivity index (χ3n) is 12.6. The lowest BCUT2D eigenvalue weighted by atomic mass is 9.84. The molecule has 62 heavy (non-hydrogen) atoms. The molecule has 1 aliphatic carbocycles. The number of para-hydroxylation sites is 2. The van der Waals surface area contributed by atoms with Crippen LogP contribution in [-0.2, 0) is 0 Å². The molecule has 0 N–H and O–H groups in total. The van der Waals surface area contributed by atoms with E-state index in [4.69, 9.17) is 9.97 Å². The highest BCUT2D eigenvalue weighted by molar-refractivity contribution is 6.10. The normalized spacial score (nSPS) is 14.4. The first-order valence-electron chi connectivity index (χ1n) is 21.3. The zero-order valence-corrected chi connectivity index (χ0v) is 33.9. The zero-order chi connectivity index (χ0) is 41.0. The van der Waals surface area contributed by atoms with Crippen LogP contribution in [0.25, 0.3) is 78.0 Å². The molecule has 0 spiro atoms. The van der Waals surface area contributed by atoms with E-state index >= 15 is 0 Å². The summed E-state index contributed by atoms with van der Waals surface area (Å²) in [6.07, 6.45) is 7.47. The van der Waals surface area contributed by atoms with Gasteiger partial charge in [-0.05, 0) is 117 Å². The number of nitrogens with zero attached hydrogens (tertiary/aromatic N) is 4. The summed E-state index contributed by atoms with van der Waals surface area (Å²) in [5.41, 5.74) is 19.0. The van der Waals surface area contributed by atoms with Crippen LogP contribution in [0.4, 0.5) is 11.4 Å². The summed E-state index contributed by atoms with van der Waals surface area (Å²) in [4.78, 5) is 12.6. The maximum absolute atomic E-state index is 5.23. The maximum Gasteiger partial charge on any atom is 0.235 e. The highest BCUT2D eigenvalue weighted by Crippen LogP contribution is 2.53. The van der Waals surface area contributed by atoms with Crippen molar-refractivity contribution in [1.29, 1.82) is 0 Å². The smallest absolute Gasteiger partial charge is 0.235 e. The van der Waals surface area contributed by atoms with Gasteiger partial charge in [0.15, 0.2) is 0 Å². The molecule has 2 aromatic heterocycles. The molecule has 8 aromatic carbocycles. The van der Waals surface area contributed by atoms with Crippen molar-refractivity contribution in [3.05, 3.63) is 241 Å². The third kappa shape index (κ3) is 6.15. The molecule has 292 valence electrons. The van der Waals surface area contributed by atoms with Gasteiger partial charge < -0.3 is 4.90 Å². The molecular formula is C58H40N4. The maximum atomic E-state index is 5.23. The molecule has 0 fully saturated rings. The molecule has 0 radical (unpaired) electrons. The fourth-order valence-corrected chi connectivity index (χ4v) is 9.61. The average molecular weight is 793 g/mol. The summed E-state index contributed by atoms with van der Waals surface area (Å²) in [6.45, 7) is 0. The Morgan fingerprint density at radius 1 is 0.435 bits per heavy atom. The molecular weight excluding hydrogens is 753 g/mol. The van der Waals surface area contributed by atoms with Gasteiger partial charge in [0.1, 0.15) is 0 Å². The number of allylic oxidation sites excluding steroid dienone is 4. The van der Waals surface area contributed by atoms with E-state index in [1.807, 2.05) is 12.3 Å². The number of anilines is 2. The molecule has 10 aromatic rings. The van der Waals surface area contributed by atoms with Crippen LogP contribution in [-0.4, -0.2) is 14.5 Å². The zero-order valence-electron chi connectivity index (χ0n) is 33.9. The second-order valence-corrected chi connectivity index (χ2v) is 16.2. The van der Waals surface area contributed by atoms with Crippen LogP contribution in [0, 0.1) is 0 Å². The van der Waals surface area contributed by atoms with Crippen molar-refractivity contribution in [2.24, 2.45) is 0 Å². The number of rotatable bonds is 7. The molecule has 1 unspecified atom stereocenters. The minimum absolute atomic E-state index is 0.231. The van der Waals surface area contributed by atoms with Crippen molar-refractivity contribution in [1.82, 2.24) is 14.5 Å². The fraction of sp³-hybridized carbons (Fsp3) is 0.0345. The number of benzene rings is 8. The van der Waals surface area contributed by atoms with Gasteiger partial charge >= 0.3 is 0 Å². The van der Waals surface area contributed by atoms with E-state index in [-0.39, 0.29) is 5.92 Å². The fourth-order valence-electron chi connectivity index (χ4n) is 9.61. The number of fused-ring (bicyclic) bond motifs is 6. The summed E-state index contributed by atoms with van der Waals surface area (Å²) in [5.74, 6) is 0.885. The molecule has 1 atom stereocenters. The van der Waals surface area contributed by atoms with Gasteiger partial charge in [0.2, 0.25) is 5.95 Å². The van der Waals surface area contributed by atoms with Crippen molar-refractivity contribution in [3.63, 3.8) is 0 Å². The van der Waals surface area contributed by atoms with E-state index in [0.717, 1.165) is 34.3 Å². The Labute approximate surface area is 361 Å². The van der Waals surface area contributed by atoms with Gasteiger partial charge in [0.05, 0.1) is 16.7 Å². The van der Waals surface area contributed by atoms with Gasteiger partial charge in [-0.1, -0.05) is 158 Å². The lowest BCUT2D eigenvalue weighted by molar-refractivity contribution is 0.832. The Kier molecular flexibility index (Phi) is 8.60. The van der Waals surface area contributed by atoms with Crippen molar-refractivity contribution >= 4 is 38.8 Å². The molecule has 3 heterocycles. The van der Waals surface area contributed by atoms with Crippen LogP contribution in [0.1, 0.15) is 23.5 Å². The van der Waals surface area contributed by atoms with Gasteiger partial charge in [0.25, 0.3) is 0 Å². The Bertz CT molecular complexity index is 3360. The second-order valence-electron chi connectivity index (χ2n) is 16.2. The first-order valence-corrected chi connectivity index (χ1v) is 21.3. The van der Waals surface area contributed by atoms with Crippen molar-refractivity contribution in [3.8, 4) is 50.6 Å². The Morgan fingerprint density at radius 3 is 1.82 bits per heavy atom. The monoisotopic (exact) mass is 792 g/mol. The van der Waals surface area contributed by atoms with Crippen LogP contribution in [0.15, 0.2) is 230 Å². The number of hydrogen-bond acceptors (Lipinski definition) is 3. The van der Waals surface area contributed by atoms with Gasteiger partial charge in [0, 0.05) is 45.5 Å². The lowest BCUT2D eigenvalue weighted by Gasteiger charge is -2.26. The van der Waals surface area contributed by atoms with Gasteiger partial charge in [-0.3, -0.25) is 4.57 Å². The molecule has 0 saturated carbocycles. The van der Waals surface area contributed by atoms with Crippen LogP contribution in [0.5, 0.6) is 0 Å². The predicted octanol–water partition coefficient (Wildman–Crippen LogP) is 14.8. The molecule has 0 saturated heterocycles. The van der Waals surface area contributed by atoms with Crippen molar-refractivity contribution in [2.45, 2.75) is 12.3 Å². The van der Waals surface area contributed by atoms with E-state index in [9.17, 15) is 0 Å². The van der Waals surface area contributed by atoms with Crippen molar-refractivity contribution in [2.75, 3.05) is 4.90 Å². The Balaban J connectivity index is 0.901. The summed E-state index contributed by atoms with van der Waals surface area (Å²) in [6, 6.07) is 74.0. The van der Waals surface area contributed by atoms with E-state index < -0.39 is 0 Å². The van der Waals surface area contributed by atoms with E-state index in [0.29, 0.717) is 5.95 Å².